The summed E-state index contributed by atoms with van der Waals surface area (Å²) in [5.74, 6) is 4.91. The summed E-state index contributed by atoms with van der Waals surface area (Å²) in [6.07, 6.45) is 31.2. The van der Waals surface area contributed by atoms with E-state index in [-0.39, 0.29) is 5.82 Å². The third-order valence-corrected chi connectivity index (χ3v) is 21.6. The second-order valence-electron chi connectivity index (χ2n) is 30.7. The molecule has 21 nitrogen and oxygen atoms in total. The summed E-state index contributed by atoms with van der Waals surface area (Å²) < 4.78 is 24.7. The lowest BCUT2D eigenvalue weighted by atomic mass is 10.1. The van der Waals surface area contributed by atoms with Gasteiger partial charge in [0.2, 0.25) is 0 Å². The van der Waals surface area contributed by atoms with Crippen LogP contribution in [-0.4, -0.2) is 103 Å². The number of aryl methyl sites for hydroxylation is 18. The predicted octanol–water partition coefficient (Wildman–Crippen LogP) is 19.5. The first-order chi connectivity index (χ1) is 60.6. The van der Waals surface area contributed by atoms with Crippen LogP contribution in [0.25, 0.3) is 111 Å². The lowest BCUT2D eigenvalue weighted by Crippen LogP contribution is -2.02. The molecule has 0 N–H and O–H groups in total. The van der Waals surface area contributed by atoms with Crippen LogP contribution < -0.4 is 0 Å². The fraction of sp³-hybridized carbons (Fsp3) is 0.176. The maximum absolute atomic E-state index is 14.4. The van der Waals surface area contributed by atoms with E-state index in [1.54, 1.807) is 31.5 Å². The predicted molar refractivity (Wildman–Crippen MR) is 490 cm³/mol. The van der Waals surface area contributed by atoms with Gasteiger partial charge in [-0.2, -0.15) is 0 Å². The van der Waals surface area contributed by atoms with Crippen molar-refractivity contribution < 1.29 is 4.39 Å². The van der Waals surface area contributed by atoms with Gasteiger partial charge in [-0.15, -0.1) is 0 Å². The Balaban J connectivity index is 0.000000115. The molecule has 0 aliphatic rings. The van der Waals surface area contributed by atoms with Crippen molar-refractivity contribution in [1.82, 2.24) is 103 Å². The number of aromatic nitrogens is 21. The topological polar surface area (TPSA) is 231 Å². The SMILES string of the molecule is Cc1cccc(-c2cn(C)c(CCc3cnc4ccccc4n3)n2)c1.Cc1cccc(-c2cn(C)c(CCc3cnc4ccccc4n3)n2)c1F.Cc1ccccc1-c1cn(C)c(CCc2cnc3ccccc3n2)n1.Cn1cc(-c2ccccc2)nc1CCc1cnc2ccccc2n1.Cn1cc(-c2ccncc2)nc1CCc1cnc2ccccc2n1. The van der Waals surface area contributed by atoms with Crippen molar-refractivity contribution in [3.8, 4) is 56.3 Å². The van der Waals surface area contributed by atoms with Crippen LogP contribution in [0.2, 0.25) is 0 Å². The number of hydrogen-bond donors (Lipinski definition) is 0. The maximum Gasteiger partial charge on any atom is 0.135 e. The third kappa shape index (κ3) is 20.6. The molecule has 20 aromatic rings. The molecule has 0 bridgehead atoms. The summed E-state index contributed by atoms with van der Waals surface area (Å²) in [7, 11) is 10.1. The van der Waals surface area contributed by atoms with E-state index in [2.05, 4.69) is 174 Å². The fourth-order valence-electron chi connectivity index (χ4n) is 14.8. The fourth-order valence-corrected chi connectivity index (χ4v) is 14.8. The van der Waals surface area contributed by atoms with Gasteiger partial charge < -0.3 is 22.8 Å². The molecule has 0 saturated heterocycles. The number of rotatable bonds is 20. The minimum Gasteiger partial charge on any atom is -0.337 e. The molecule has 614 valence electrons. The summed E-state index contributed by atoms with van der Waals surface area (Å²) in [4.78, 5) is 73.6. The van der Waals surface area contributed by atoms with Crippen LogP contribution in [0.15, 0.2) is 305 Å². The second kappa shape index (κ2) is 38.9. The molecule has 0 saturated carbocycles. The summed E-state index contributed by atoms with van der Waals surface area (Å²) >= 11 is 0. The molecule has 20 rings (SSSR count). The largest absolute Gasteiger partial charge is 0.337 e. The van der Waals surface area contributed by atoms with Crippen LogP contribution in [0.5, 0.6) is 0 Å². The molecular formula is C102H94FN21. The molecule has 0 aliphatic heterocycles. The number of hydrogen-bond acceptors (Lipinski definition) is 16. The molecule has 124 heavy (non-hydrogen) atoms. The standard InChI is InChI=1S/C21H19FN4.2C21H20N4.C20H18N4.C19H17N5/c1-14-6-5-7-16(21(14)22)19-13-26(2)20(25-19)11-10-15-12-23-17-8-3-4-9-18(17)24-15;1-15-6-5-7-16(12-15)20-14-25(2)21(24-20)11-10-17-13-22-18-8-3-4-9-19(18)23-17;1-15-7-3-4-8-17(15)20-14-25(2)21(24-20)12-11-16-13-22-18-9-5-6-10-19(18)23-16;1-24-14-19(15-7-3-2-4-8-15)23-20(24)12-11-16-13-21-17-9-5-6-10-18(17)22-16;1-24-13-18(14-8-10-20-11-9-14)23-19(24)7-6-15-12-21-16-4-2-3-5-17(16)22-15/h3-9,12-13H,10-11H2,1-2H3;3-9,12-14H,10-11H2,1-2H3;3-10,13-14H,11-12H2,1-2H3;2-10,13-14H,11-12H2,1H3;2-5,8-13H,6-7H2,1H3. The van der Waals surface area contributed by atoms with Crippen molar-refractivity contribution in [3.05, 3.63) is 385 Å². The van der Waals surface area contributed by atoms with E-state index in [1.165, 1.54) is 16.7 Å². The second-order valence-corrected chi connectivity index (χ2v) is 30.7. The van der Waals surface area contributed by atoms with Crippen molar-refractivity contribution in [2.24, 2.45) is 35.2 Å². The van der Waals surface area contributed by atoms with Gasteiger partial charge in [0.15, 0.2) is 0 Å². The van der Waals surface area contributed by atoms with E-state index >= 15 is 0 Å². The van der Waals surface area contributed by atoms with E-state index < -0.39 is 0 Å². The molecule has 9 aromatic carbocycles. The normalized spacial score (nSPS) is 11.1. The molecule has 0 amide bonds. The highest BCUT2D eigenvalue weighted by Gasteiger charge is 2.18. The van der Waals surface area contributed by atoms with Gasteiger partial charge in [0.1, 0.15) is 34.9 Å². The third-order valence-electron chi connectivity index (χ3n) is 21.6. The van der Waals surface area contributed by atoms with Gasteiger partial charge in [-0.05, 0) is 149 Å². The lowest BCUT2D eigenvalue weighted by molar-refractivity contribution is 0.621. The number of benzene rings is 9. The first-order valence-electron chi connectivity index (χ1n) is 41.6. The Hall–Kier alpha value is -15.2. The van der Waals surface area contributed by atoms with Crippen molar-refractivity contribution in [2.75, 3.05) is 0 Å². The van der Waals surface area contributed by atoms with Crippen LogP contribution in [0, 0.1) is 26.6 Å². The van der Waals surface area contributed by atoms with Crippen LogP contribution in [0.1, 0.15) is 74.3 Å². The molecular weight excluding hydrogens is 1540 g/mol. The summed E-state index contributed by atoms with van der Waals surface area (Å²) in [6.45, 7) is 5.99. The number of para-hydroxylation sites is 10. The van der Waals surface area contributed by atoms with Gasteiger partial charge in [0.05, 0.1) is 112 Å². The Labute approximate surface area is 719 Å². The Bertz CT molecular complexity index is 6890. The van der Waals surface area contributed by atoms with Crippen LogP contribution >= 0.6 is 0 Å². The van der Waals surface area contributed by atoms with E-state index in [0.717, 1.165) is 216 Å². The molecule has 0 radical (unpaired) electrons. The van der Waals surface area contributed by atoms with Gasteiger partial charge >= 0.3 is 0 Å². The van der Waals surface area contributed by atoms with E-state index in [9.17, 15) is 4.39 Å². The zero-order valence-electron chi connectivity index (χ0n) is 70.7. The number of imidazole rings is 5. The van der Waals surface area contributed by atoms with Crippen molar-refractivity contribution in [2.45, 2.75) is 85.0 Å². The average Bonchev–Trinajstić information content (AvgIpc) is 1.65. The molecule has 0 unspecified atom stereocenters. The minimum atomic E-state index is -0.211. The van der Waals surface area contributed by atoms with Crippen molar-refractivity contribution >= 4 is 55.2 Å². The molecule has 0 spiro atoms. The number of fused-ring (bicyclic) bond motifs is 5. The quantitative estimate of drug-likeness (QED) is 0.0690. The molecule has 11 heterocycles. The molecule has 0 fully saturated rings. The van der Waals surface area contributed by atoms with E-state index in [1.807, 2.05) is 228 Å². The van der Waals surface area contributed by atoms with Crippen LogP contribution in [0.3, 0.4) is 0 Å². The van der Waals surface area contributed by atoms with Gasteiger partial charge in [0.25, 0.3) is 0 Å². The highest BCUT2D eigenvalue weighted by molar-refractivity contribution is 5.77. The van der Waals surface area contributed by atoms with Gasteiger partial charge in [-0.3, -0.25) is 29.9 Å². The average molecular weight is 1630 g/mol. The van der Waals surface area contributed by atoms with Crippen LogP contribution in [0.4, 0.5) is 4.39 Å². The Kier molecular flexibility index (Phi) is 25.9. The Morgan fingerprint density at radius 3 is 0.879 bits per heavy atom. The van der Waals surface area contributed by atoms with Gasteiger partial charge in [0, 0.05) is 170 Å². The van der Waals surface area contributed by atoms with E-state index in [4.69, 9.17) is 29.9 Å². The van der Waals surface area contributed by atoms with Crippen LogP contribution in [-0.2, 0) is 99.4 Å². The summed E-state index contributed by atoms with van der Waals surface area (Å²) in [6, 6.07) is 76.1. The zero-order chi connectivity index (χ0) is 85.3. The maximum atomic E-state index is 14.4. The minimum absolute atomic E-state index is 0.211. The number of halogens is 1. The Morgan fingerprint density at radius 1 is 0.242 bits per heavy atom. The summed E-state index contributed by atoms with van der Waals surface area (Å²) in [5.41, 5.74) is 27.1. The van der Waals surface area contributed by atoms with Crippen molar-refractivity contribution in [1.29, 1.82) is 0 Å². The van der Waals surface area contributed by atoms with Gasteiger partial charge in [-0.1, -0.05) is 151 Å². The highest BCUT2D eigenvalue weighted by Crippen LogP contribution is 2.28. The monoisotopic (exact) mass is 1630 g/mol. The highest BCUT2D eigenvalue weighted by atomic mass is 19.1. The van der Waals surface area contributed by atoms with Gasteiger partial charge in [-0.25, -0.2) is 54.2 Å². The zero-order valence-corrected chi connectivity index (χ0v) is 70.7. The molecule has 11 aromatic heterocycles. The number of nitrogens with zero attached hydrogens (tertiary/aromatic N) is 21. The first-order valence-corrected chi connectivity index (χ1v) is 41.6. The van der Waals surface area contributed by atoms with Crippen molar-refractivity contribution in [3.63, 3.8) is 0 Å². The van der Waals surface area contributed by atoms with E-state index in [0.29, 0.717) is 16.8 Å². The Morgan fingerprint density at radius 2 is 0.516 bits per heavy atom. The summed E-state index contributed by atoms with van der Waals surface area (Å²) in [5, 5.41) is 0. The lowest BCUT2D eigenvalue weighted by Gasteiger charge is -2.03. The molecule has 22 heteroatoms. The first kappa shape index (κ1) is 82.5. The molecule has 0 atom stereocenters. The smallest absolute Gasteiger partial charge is 0.135 e. The molecule has 0 aliphatic carbocycles. The number of pyridine rings is 1.